The van der Waals surface area contributed by atoms with Crippen molar-refractivity contribution in [1.82, 2.24) is 0 Å². The van der Waals surface area contributed by atoms with Gasteiger partial charge in [0, 0.05) is 5.69 Å². The van der Waals surface area contributed by atoms with Gasteiger partial charge in [0.1, 0.15) is 11.8 Å². The van der Waals surface area contributed by atoms with E-state index in [0.717, 1.165) is 22.6 Å². The number of primary amides is 1. The molecule has 2 rings (SSSR count). The van der Waals surface area contributed by atoms with Crippen LogP contribution in [0.25, 0.3) is 0 Å². The smallest absolute Gasteiger partial charge is 0.244 e. The van der Waals surface area contributed by atoms with Gasteiger partial charge in [-0.05, 0) is 42.3 Å². The average Bonchev–Trinajstić information content (AvgIpc) is 2.46. The molecule has 0 aromatic heterocycles. The second kappa shape index (κ2) is 6.10. The topological polar surface area (TPSA) is 64.3 Å². The third-order valence-electron chi connectivity index (χ3n) is 3.19. The molecule has 104 valence electrons. The lowest BCUT2D eigenvalue weighted by atomic mass is 10.0. The molecule has 3 N–H and O–H groups in total. The van der Waals surface area contributed by atoms with E-state index in [4.69, 9.17) is 10.5 Å². The number of ether oxygens (including phenoxy) is 1. The van der Waals surface area contributed by atoms with Crippen LogP contribution in [0.3, 0.4) is 0 Å². The molecule has 0 aliphatic heterocycles. The molecule has 2 aromatic rings. The van der Waals surface area contributed by atoms with Gasteiger partial charge < -0.3 is 15.8 Å². The Bertz CT molecular complexity index is 594. The largest absolute Gasteiger partial charge is 0.497 e. The van der Waals surface area contributed by atoms with Crippen molar-refractivity contribution in [3.8, 4) is 5.75 Å². The van der Waals surface area contributed by atoms with Crippen molar-refractivity contribution in [3.63, 3.8) is 0 Å². The first-order chi connectivity index (χ1) is 9.61. The fraction of sp³-hybridized carbons (Fsp3) is 0.188. The van der Waals surface area contributed by atoms with Gasteiger partial charge in [-0.3, -0.25) is 4.79 Å². The van der Waals surface area contributed by atoms with Gasteiger partial charge in [-0.1, -0.05) is 24.3 Å². The fourth-order valence-electron chi connectivity index (χ4n) is 2.07. The lowest BCUT2D eigenvalue weighted by Crippen LogP contribution is -2.28. The molecule has 0 spiro atoms. The number of nitrogens with two attached hydrogens (primary N) is 1. The van der Waals surface area contributed by atoms with E-state index in [9.17, 15) is 4.79 Å². The minimum atomic E-state index is -0.551. The highest BCUT2D eigenvalue weighted by molar-refractivity contribution is 5.84. The van der Waals surface area contributed by atoms with Crippen LogP contribution in [0, 0.1) is 6.92 Å². The minimum Gasteiger partial charge on any atom is -0.497 e. The van der Waals surface area contributed by atoms with Crippen LogP contribution in [-0.4, -0.2) is 13.0 Å². The molecule has 0 heterocycles. The maximum absolute atomic E-state index is 11.7. The Kier molecular flexibility index (Phi) is 4.25. The first-order valence-electron chi connectivity index (χ1n) is 6.37. The van der Waals surface area contributed by atoms with E-state index in [-0.39, 0.29) is 0 Å². The number of hydrogen-bond acceptors (Lipinski definition) is 3. The number of benzene rings is 2. The molecule has 0 saturated carbocycles. The Balaban J connectivity index is 2.26. The molecule has 0 bridgehead atoms. The summed E-state index contributed by atoms with van der Waals surface area (Å²) in [6.07, 6.45) is 0. The van der Waals surface area contributed by atoms with Crippen LogP contribution in [0.2, 0.25) is 0 Å². The summed E-state index contributed by atoms with van der Waals surface area (Å²) in [5, 5.41) is 3.16. The molecule has 4 heteroatoms. The van der Waals surface area contributed by atoms with Crippen molar-refractivity contribution in [3.05, 3.63) is 59.7 Å². The molecule has 20 heavy (non-hydrogen) atoms. The average molecular weight is 270 g/mol. The summed E-state index contributed by atoms with van der Waals surface area (Å²) in [7, 11) is 1.61. The van der Waals surface area contributed by atoms with Crippen LogP contribution in [0.4, 0.5) is 5.69 Å². The molecule has 1 unspecified atom stereocenters. The van der Waals surface area contributed by atoms with Gasteiger partial charge in [0.15, 0.2) is 0 Å². The van der Waals surface area contributed by atoms with Crippen molar-refractivity contribution in [2.45, 2.75) is 13.0 Å². The number of rotatable bonds is 5. The fourth-order valence-corrected chi connectivity index (χ4v) is 2.07. The molecule has 1 atom stereocenters. The van der Waals surface area contributed by atoms with E-state index in [0.29, 0.717) is 0 Å². The third-order valence-corrected chi connectivity index (χ3v) is 3.19. The Hall–Kier alpha value is -2.49. The second-order valence-electron chi connectivity index (χ2n) is 4.56. The number of methoxy groups -OCH3 is 1. The van der Waals surface area contributed by atoms with Gasteiger partial charge >= 0.3 is 0 Å². The summed E-state index contributed by atoms with van der Waals surface area (Å²) in [6.45, 7) is 1.96. The predicted octanol–water partition coefficient (Wildman–Crippen LogP) is 2.64. The molecular weight excluding hydrogens is 252 g/mol. The summed E-state index contributed by atoms with van der Waals surface area (Å²) in [5.41, 5.74) is 8.24. The molecule has 0 aliphatic rings. The quantitative estimate of drug-likeness (QED) is 0.877. The Labute approximate surface area is 118 Å². The molecule has 0 saturated heterocycles. The Morgan fingerprint density at radius 3 is 2.35 bits per heavy atom. The first kappa shape index (κ1) is 13.9. The molecule has 2 aromatic carbocycles. The van der Waals surface area contributed by atoms with Crippen molar-refractivity contribution < 1.29 is 9.53 Å². The number of amides is 1. The number of anilines is 1. The zero-order valence-corrected chi connectivity index (χ0v) is 11.6. The van der Waals surface area contributed by atoms with Crippen molar-refractivity contribution in [2.75, 3.05) is 12.4 Å². The van der Waals surface area contributed by atoms with E-state index < -0.39 is 11.9 Å². The van der Waals surface area contributed by atoms with Crippen molar-refractivity contribution in [1.29, 1.82) is 0 Å². The highest BCUT2D eigenvalue weighted by Crippen LogP contribution is 2.23. The summed E-state index contributed by atoms with van der Waals surface area (Å²) in [5.74, 6) is 0.359. The normalized spacial score (nSPS) is 11.7. The SMILES string of the molecule is COc1ccc(NC(C(N)=O)c2ccccc2C)cc1. The molecule has 4 nitrogen and oxygen atoms in total. The van der Waals surface area contributed by atoms with E-state index >= 15 is 0 Å². The van der Waals surface area contributed by atoms with Crippen molar-refractivity contribution >= 4 is 11.6 Å². The second-order valence-corrected chi connectivity index (χ2v) is 4.56. The highest BCUT2D eigenvalue weighted by atomic mass is 16.5. The van der Waals surface area contributed by atoms with Crippen LogP contribution in [-0.2, 0) is 4.79 Å². The summed E-state index contributed by atoms with van der Waals surface area (Å²) in [6, 6.07) is 14.5. The number of aryl methyl sites for hydroxylation is 1. The van der Waals surface area contributed by atoms with Crippen LogP contribution >= 0.6 is 0 Å². The zero-order valence-electron chi connectivity index (χ0n) is 11.6. The van der Waals surface area contributed by atoms with Gasteiger partial charge in [0.05, 0.1) is 7.11 Å². The van der Waals surface area contributed by atoms with E-state index in [1.165, 1.54) is 0 Å². The molecule has 0 radical (unpaired) electrons. The molecule has 0 fully saturated rings. The van der Waals surface area contributed by atoms with Gasteiger partial charge in [-0.15, -0.1) is 0 Å². The van der Waals surface area contributed by atoms with Crippen molar-refractivity contribution in [2.24, 2.45) is 5.73 Å². The lowest BCUT2D eigenvalue weighted by Gasteiger charge is -2.19. The number of nitrogens with one attached hydrogen (secondary N) is 1. The Morgan fingerprint density at radius 2 is 1.80 bits per heavy atom. The molecule has 1 amide bonds. The summed E-state index contributed by atoms with van der Waals surface area (Å²) < 4.78 is 5.11. The zero-order chi connectivity index (χ0) is 14.5. The minimum absolute atomic E-state index is 0.407. The van der Waals surface area contributed by atoms with Crippen LogP contribution in [0.15, 0.2) is 48.5 Å². The molecular formula is C16H18N2O2. The monoisotopic (exact) mass is 270 g/mol. The van der Waals surface area contributed by atoms with Crippen LogP contribution in [0.1, 0.15) is 17.2 Å². The van der Waals surface area contributed by atoms with Crippen LogP contribution in [0.5, 0.6) is 5.75 Å². The van der Waals surface area contributed by atoms with E-state index in [2.05, 4.69) is 5.32 Å². The predicted molar refractivity (Wildman–Crippen MR) is 79.7 cm³/mol. The molecule has 0 aliphatic carbocycles. The maximum Gasteiger partial charge on any atom is 0.244 e. The standard InChI is InChI=1S/C16H18N2O2/c1-11-5-3-4-6-14(11)15(16(17)19)18-12-7-9-13(20-2)10-8-12/h3-10,15,18H,1-2H3,(H2,17,19). The number of carbonyl (C=O) groups excluding carboxylic acids is 1. The lowest BCUT2D eigenvalue weighted by molar-refractivity contribution is -0.118. The van der Waals surface area contributed by atoms with Gasteiger partial charge in [0.2, 0.25) is 5.91 Å². The van der Waals surface area contributed by atoms with Gasteiger partial charge in [-0.2, -0.15) is 0 Å². The summed E-state index contributed by atoms with van der Waals surface area (Å²) in [4.78, 5) is 11.7. The van der Waals surface area contributed by atoms with E-state index in [1.54, 1.807) is 7.11 Å². The van der Waals surface area contributed by atoms with Gasteiger partial charge in [0.25, 0.3) is 0 Å². The first-order valence-corrected chi connectivity index (χ1v) is 6.37. The Morgan fingerprint density at radius 1 is 1.15 bits per heavy atom. The number of hydrogen-bond donors (Lipinski definition) is 2. The van der Waals surface area contributed by atoms with Crippen LogP contribution < -0.4 is 15.8 Å². The number of carbonyl (C=O) groups is 1. The van der Waals surface area contributed by atoms with Gasteiger partial charge in [-0.25, -0.2) is 0 Å². The third kappa shape index (κ3) is 3.09. The van der Waals surface area contributed by atoms with E-state index in [1.807, 2.05) is 55.5 Å². The maximum atomic E-state index is 11.7. The highest BCUT2D eigenvalue weighted by Gasteiger charge is 2.19. The summed E-state index contributed by atoms with van der Waals surface area (Å²) >= 11 is 0.